The fraction of sp³-hybridized carbons (Fsp3) is 0.167. The molecule has 1 heterocycles. The van der Waals surface area contributed by atoms with Crippen molar-refractivity contribution in [2.45, 2.75) is 13.5 Å². The molecule has 4 N–H and O–H groups in total. The van der Waals surface area contributed by atoms with Gasteiger partial charge in [0.15, 0.2) is 5.96 Å². The Morgan fingerprint density at radius 1 is 1.39 bits per heavy atom. The van der Waals surface area contributed by atoms with Crippen LogP contribution in [0, 0.1) is 0 Å². The van der Waals surface area contributed by atoms with Crippen LogP contribution in [0.3, 0.4) is 0 Å². The molecule has 0 radical (unpaired) electrons. The minimum Gasteiger partial charge on any atom is -0.370 e. The van der Waals surface area contributed by atoms with Crippen molar-refractivity contribution in [3.8, 4) is 0 Å². The Hall–Kier alpha value is -2.01. The van der Waals surface area contributed by atoms with Gasteiger partial charge >= 0.3 is 0 Å². The minimum atomic E-state index is -0.454. The Morgan fingerprint density at radius 3 is 2.72 bits per heavy atom. The molecule has 0 bridgehead atoms. The number of aryl methyl sites for hydroxylation is 1. The van der Waals surface area contributed by atoms with Gasteiger partial charge in [0.2, 0.25) is 0 Å². The molecule has 0 saturated heterocycles. The highest BCUT2D eigenvalue weighted by atomic mass is 35.5. The first-order valence-corrected chi connectivity index (χ1v) is 5.83. The van der Waals surface area contributed by atoms with Gasteiger partial charge in [-0.15, -0.1) is 0 Å². The van der Waals surface area contributed by atoms with Gasteiger partial charge in [-0.1, -0.05) is 11.6 Å². The molecule has 1 aromatic heterocycles. The van der Waals surface area contributed by atoms with Crippen LogP contribution in [-0.2, 0) is 6.54 Å². The van der Waals surface area contributed by atoms with E-state index in [4.69, 9.17) is 23.1 Å². The number of hydrogen-bond acceptors (Lipinski definition) is 1. The first-order chi connectivity index (χ1) is 8.52. The van der Waals surface area contributed by atoms with Crippen LogP contribution in [0.1, 0.15) is 17.4 Å². The average molecular weight is 265 g/mol. The predicted molar refractivity (Wildman–Crippen MR) is 72.8 cm³/mol. The lowest BCUT2D eigenvalue weighted by atomic mass is 10.2. The van der Waals surface area contributed by atoms with E-state index in [0.717, 1.165) is 10.9 Å². The lowest BCUT2D eigenvalue weighted by Gasteiger charge is -2.04. The Labute approximate surface area is 109 Å². The molecule has 0 spiro atoms. The van der Waals surface area contributed by atoms with E-state index in [2.05, 4.69) is 4.99 Å². The third kappa shape index (κ3) is 2.17. The number of nitrogens with two attached hydrogens (primary N) is 2. The van der Waals surface area contributed by atoms with Crippen molar-refractivity contribution in [2.24, 2.45) is 16.5 Å². The van der Waals surface area contributed by atoms with Gasteiger partial charge in [0.05, 0.1) is 0 Å². The highest BCUT2D eigenvalue weighted by Crippen LogP contribution is 2.24. The van der Waals surface area contributed by atoms with Gasteiger partial charge in [-0.2, -0.15) is 4.99 Å². The Balaban J connectivity index is 2.64. The fourth-order valence-corrected chi connectivity index (χ4v) is 2.11. The number of aromatic nitrogens is 1. The zero-order valence-corrected chi connectivity index (χ0v) is 10.6. The van der Waals surface area contributed by atoms with E-state index in [9.17, 15) is 4.79 Å². The van der Waals surface area contributed by atoms with Gasteiger partial charge in [-0.3, -0.25) is 4.79 Å². The second kappa shape index (κ2) is 4.70. The lowest BCUT2D eigenvalue weighted by molar-refractivity contribution is 0.0994. The van der Waals surface area contributed by atoms with Crippen molar-refractivity contribution < 1.29 is 4.79 Å². The van der Waals surface area contributed by atoms with Crippen LogP contribution in [0.2, 0.25) is 5.02 Å². The molecule has 94 valence electrons. The number of carbonyl (C=O) groups excluding carboxylic acids is 1. The molecular formula is C12H13ClN4O. The van der Waals surface area contributed by atoms with Crippen molar-refractivity contribution in [1.29, 1.82) is 0 Å². The monoisotopic (exact) mass is 264 g/mol. The summed E-state index contributed by atoms with van der Waals surface area (Å²) < 4.78 is 1.85. The van der Waals surface area contributed by atoms with Crippen LogP contribution >= 0.6 is 11.6 Å². The van der Waals surface area contributed by atoms with Crippen molar-refractivity contribution in [1.82, 2.24) is 4.57 Å². The molecular weight excluding hydrogens is 252 g/mol. The average Bonchev–Trinajstić information content (AvgIpc) is 2.65. The molecule has 2 aromatic rings. The molecule has 2 rings (SSSR count). The standard InChI is InChI=1S/C12H13ClN4O/c1-2-17-9-4-3-8(13)5-7(9)6-10(17)11(18)16-12(14)15/h3-6H,2H2,1H3,(H4,14,15,16,18). The van der Waals surface area contributed by atoms with Gasteiger partial charge in [-0.25, -0.2) is 0 Å². The topological polar surface area (TPSA) is 86.4 Å². The van der Waals surface area contributed by atoms with E-state index in [1.54, 1.807) is 18.2 Å². The number of aliphatic imine (C=N–C) groups is 1. The molecule has 0 aliphatic carbocycles. The number of carbonyl (C=O) groups is 1. The minimum absolute atomic E-state index is 0.244. The van der Waals surface area contributed by atoms with E-state index in [-0.39, 0.29) is 5.96 Å². The summed E-state index contributed by atoms with van der Waals surface area (Å²) in [4.78, 5) is 15.4. The smallest absolute Gasteiger partial charge is 0.296 e. The number of amides is 1. The number of fused-ring (bicyclic) bond motifs is 1. The third-order valence-corrected chi connectivity index (χ3v) is 2.86. The summed E-state index contributed by atoms with van der Waals surface area (Å²) >= 11 is 5.93. The molecule has 1 aromatic carbocycles. The van der Waals surface area contributed by atoms with Crippen LogP contribution in [0.15, 0.2) is 29.3 Å². The number of hydrogen-bond donors (Lipinski definition) is 2. The summed E-state index contributed by atoms with van der Waals surface area (Å²) in [6.07, 6.45) is 0. The largest absolute Gasteiger partial charge is 0.370 e. The van der Waals surface area contributed by atoms with E-state index in [1.165, 1.54) is 0 Å². The molecule has 5 nitrogen and oxygen atoms in total. The summed E-state index contributed by atoms with van der Waals surface area (Å²) in [5, 5.41) is 1.51. The number of guanidine groups is 1. The maximum atomic E-state index is 11.9. The molecule has 0 aliphatic heterocycles. The van der Waals surface area contributed by atoms with Gasteiger partial charge in [0, 0.05) is 22.5 Å². The molecule has 18 heavy (non-hydrogen) atoms. The number of benzene rings is 1. The molecule has 0 saturated carbocycles. The summed E-state index contributed by atoms with van der Waals surface area (Å²) in [5.41, 5.74) is 11.8. The lowest BCUT2D eigenvalue weighted by Crippen LogP contribution is -2.24. The Kier molecular flexibility index (Phi) is 3.25. The van der Waals surface area contributed by atoms with Crippen molar-refractivity contribution in [3.63, 3.8) is 0 Å². The van der Waals surface area contributed by atoms with Crippen LogP contribution < -0.4 is 11.5 Å². The molecule has 0 atom stereocenters. The van der Waals surface area contributed by atoms with Gasteiger partial charge in [-0.05, 0) is 31.2 Å². The van der Waals surface area contributed by atoms with E-state index in [0.29, 0.717) is 17.3 Å². The van der Waals surface area contributed by atoms with Gasteiger partial charge in [0.25, 0.3) is 5.91 Å². The molecule has 0 aliphatic rings. The Bertz CT molecular complexity index is 641. The molecule has 6 heteroatoms. The van der Waals surface area contributed by atoms with Crippen molar-refractivity contribution in [3.05, 3.63) is 35.0 Å². The summed E-state index contributed by atoms with van der Waals surface area (Å²) in [5.74, 6) is -0.699. The highest BCUT2D eigenvalue weighted by molar-refractivity contribution is 6.31. The normalized spacial score (nSPS) is 10.6. The second-order valence-corrected chi connectivity index (χ2v) is 4.26. The number of rotatable bonds is 2. The maximum absolute atomic E-state index is 11.9. The van der Waals surface area contributed by atoms with Crippen molar-refractivity contribution in [2.75, 3.05) is 0 Å². The quantitative estimate of drug-likeness (QED) is 0.640. The maximum Gasteiger partial charge on any atom is 0.296 e. The molecule has 0 unspecified atom stereocenters. The SMILES string of the molecule is CCn1c(C(=O)N=C(N)N)cc2cc(Cl)ccc21. The van der Waals surface area contributed by atoms with Gasteiger partial charge < -0.3 is 16.0 Å². The number of halogens is 1. The first-order valence-electron chi connectivity index (χ1n) is 5.45. The summed E-state index contributed by atoms with van der Waals surface area (Å²) in [6, 6.07) is 7.19. The third-order valence-electron chi connectivity index (χ3n) is 2.63. The Morgan fingerprint density at radius 2 is 2.11 bits per heavy atom. The van der Waals surface area contributed by atoms with Crippen molar-refractivity contribution >= 4 is 34.4 Å². The van der Waals surface area contributed by atoms with E-state index < -0.39 is 5.91 Å². The van der Waals surface area contributed by atoms with E-state index in [1.807, 2.05) is 17.6 Å². The summed E-state index contributed by atoms with van der Waals surface area (Å²) in [7, 11) is 0. The highest BCUT2D eigenvalue weighted by Gasteiger charge is 2.14. The van der Waals surface area contributed by atoms with Crippen LogP contribution in [0.5, 0.6) is 0 Å². The zero-order chi connectivity index (χ0) is 13.3. The predicted octanol–water partition coefficient (Wildman–Crippen LogP) is 1.73. The first kappa shape index (κ1) is 12.4. The van der Waals surface area contributed by atoms with Gasteiger partial charge in [0.1, 0.15) is 5.69 Å². The van der Waals surface area contributed by atoms with E-state index >= 15 is 0 Å². The van der Waals surface area contributed by atoms with Crippen LogP contribution in [-0.4, -0.2) is 16.4 Å². The zero-order valence-electron chi connectivity index (χ0n) is 9.85. The van der Waals surface area contributed by atoms with Crippen LogP contribution in [0.4, 0.5) is 0 Å². The second-order valence-electron chi connectivity index (χ2n) is 3.82. The van der Waals surface area contributed by atoms with Crippen LogP contribution in [0.25, 0.3) is 10.9 Å². The fourth-order valence-electron chi connectivity index (χ4n) is 1.93. The molecule has 0 fully saturated rings. The summed E-state index contributed by atoms with van der Waals surface area (Å²) in [6.45, 7) is 2.59. The number of nitrogens with zero attached hydrogens (tertiary/aromatic N) is 2. The molecule has 1 amide bonds.